The van der Waals surface area contributed by atoms with Crippen molar-refractivity contribution in [2.75, 3.05) is 6.61 Å². The summed E-state index contributed by atoms with van der Waals surface area (Å²) in [5.41, 5.74) is 1.85. The molecule has 4 heteroatoms. The lowest BCUT2D eigenvalue weighted by molar-refractivity contribution is 0.173. The van der Waals surface area contributed by atoms with Gasteiger partial charge in [-0.15, -0.1) is 0 Å². The van der Waals surface area contributed by atoms with Crippen LogP contribution in [0.25, 0.3) is 11.4 Å². The summed E-state index contributed by atoms with van der Waals surface area (Å²) in [5.74, 6) is 1.36. The lowest BCUT2D eigenvalue weighted by atomic mass is 10.1. The Hall–Kier alpha value is -1.94. The molecule has 1 aromatic heterocycles. The molecule has 0 fully saturated rings. The molecule has 2 rings (SSSR count). The molecule has 0 bridgehead atoms. The molecule has 0 spiro atoms. The zero-order valence-corrected chi connectivity index (χ0v) is 12.6. The number of rotatable bonds is 7. The Morgan fingerprint density at radius 1 is 1.10 bits per heavy atom. The predicted molar refractivity (Wildman–Crippen MR) is 83.1 cm³/mol. The van der Waals surface area contributed by atoms with E-state index in [9.17, 15) is 5.11 Å². The van der Waals surface area contributed by atoms with Crippen molar-refractivity contribution >= 4 is 0 Å². The molecule has 2 aromatic rings. The summed E-state index contributed by atoms with van der Waals surface area (Å²) in [6, 6.07) is 7.69. The molecule has 0 aliphatic rings. The highest BCUT2D eigenvalue weighted by Gasteiger charge is 2.06. The van der Waals surface area contributed by atoms with Gasteiger partial charge in [-0.25, -0.2) is 9.97 Å². The van der Waals surface area contributed by atoms with E-state index in [1.807, 2.05) is 31.2 Å². The Kier molecular flexibility index (Phi) is 5.69. The zero-order valence-electron chi connectivity index (χ0n) is 12.6. The van der Waals surface area contributed by atoms with Crippen LogP contribution in [0.2, 0.25) is 0 Å². The summed E-state index contributed by atoms with van der Waals surface area (Å²) < 4.78 is 5.54. The van der Waals surface area contributed by atoms with Gasteiger partial charge in [0.25, 0.3) is 0 Å². The van der Waals surface area contributed by atoms with E-state index in [0.29, 0.717) is 24.6 Å². The van der Waals surface area contributed by atoms with Gasteiger partial charge in [-0.1, -0.05) is 44.5 Å². The minimum atomic E-state index is -0.408. The molecule has 4 nitrogen and oxygen atoms in total. The van der Waals surface area contributed by atoms with Crippen LogP contribution < -0.4 is 4.74 Å². The molecule has 1 heterocycles. The number of nitrogens with zero attached hydrogens (tertiary/aromatic N) is 2. The summed E-state index contributed by atoms with van der Waals surface area (Å²) in [4.78, 5) is 8.65. The molecule has 0 aliphatic heterocycles. The van der Waals surface area contributed by atoms with Crippen molar-refractivity contribution in [3.63, 3.8) is 0 Å². The van der Waals surface area contributed by atoms with Gasteiger partial charge in [0.2, 0.25) is 0 Å². The third-order valence-corrected chi connectivity index (χ3v) is 3.34. The molecule has 0 aliphatic carbocycles. The van der Waals surface area contributed by atoms with Crippen LogP contribution in [0.5, 0.6) is 5.75 Å². The average Bonchev–Trinajstić information content (AvgIpc) is 2.55. The number of aliphatic hydroxyl groups excluding tert-OH is 1. The van der Waals surface area contributed by atoms with E-state index in [2.05, 4.69) is 16.9 Å². The molecule has 112 valence electrons. The zero-order chi connectivity index (χ0) is 15.1. The Morgan fingerprint density at radius 2 is 1.76 bits per heavy atom. The average molecular weight is 286 g/mol. The minimum Gasteiger partial charge on any atom is -0.490 e. The van der Waals surface area contributed by atoms with Crippen molar-refractivity contribution in [3.05, 3.63) is 42.2 Å². The van der Waals surface area contributed by atoms with Gasteiger partial charge in [-0.05, 0) is 18.4 Å². The highest BCUT2D eigenvalue weighted by Crippen LogP contribution is 2.21. The summed E-state index contributed by atoms with van der Waals surface area (Å²) in [5, 5.41) is 9.78. The number of unbranched alkanes of at least 4 members (excludes halogenated alkanes) is 1. The van der Waals surface area contributed by atoms with E-state index in [4.69, 9.17) is 4.74 Å². The van der Waals surface area contributed by atoms with Crippen molar-refractivity contribution in [1.29, 1.82) is 0 Å². The third-order valence-electron chi connectivity index (χ3n) is 3.34. The Balaban J connectivity index is 2.04. The summed E-state index contributed by atoms with van der Waals surface area (Å²) in [7, 11) is 0. The van der Waals surface area contributed by atoms with E-state index in [1.165, 1.54) is 0 Å². The SMILES string of the molecule is CCCCOc1cnc(-c2ccc(C(O)CC)cc2)nc1. The topological polar surface area (TPSA) is 55.2 Å². The van der Waals surface area contributed by atoms with Crippen LogP contribution in [0, 0.1) is 0 Å². The van der Waals surface area contributed by atoms with Crippen molar-refractivity contribution in [1.82, 2.24) is 9.97 Å². The summed E-state index contributed by atoms with van der Waals surface area (Å²) in [6.07, 6.45) is 5.84. The van der Waals surface area contributed by atoms with Gasteiger partial charge in [-0.2, -0.15) is 0 Å². The van der Waals surface area contributed by atoms with Crippen molar-refractivity contribution in [2.24, 2.45) is 0 Å². The Labute approximate surface area is 125 Å². The molecule has 1 atom stereocenters. The Morgan fingerprint density at radius 3 is 2.33 bits per heavy atom. The minimum absolute atomic E-state index is 0.408. The van der Waals surface area contributed by atoms with Crippen LogP contribution in [-0.4, -0.2) is 21.7 Å². The van der Waals surface area contributed by atoms with Crippen molar-refractivity contribution in [3.8, 4) is 17.1 Å². The summed E-state index contributed by atoms with van der Waals surface area (Å²) >= 11 is 0. The highest BCUT2D eigenvalue weighted by atomic mass is 16.5. The molecule has 0 saturated carbocycles. The first-order chi connectivity index (χ1) is 10.2. The Bertz CT molecular complexity index is 538. The number of aliphatic hydroxyl groups is 1. The van der Waals surface area contributed by atoms with Crippen LogP contribution in [-0.2, 0) is 0 Å². The number of hydrogen-bond donors (Lipinski definition) is 1. The molecule has 0 amide bonds. The number of ether oxygens (including phenoxy) is 1. The van der Waals surface area contributed by atoms with Crippen LogP contribution in [0.4, 0.5) is 0 Å². The number of benzene rings is 1. The van der Waals surface area contributed by atoms with E-state index in [0.717, 1.165) is 24.0 Å². The standard InChI is InChI=1S/C17H22N2O2/c1-3-5-10-21-15-11-18-17(19-12-15)14-8-6-13(7-9-14)16(20)4-2/h6-9,11-12,16,20H,3-5,10H2,1-2H3. The van der Waals surface area contributed by atoms with E-state index in [1.54, 1.807) is 12.4 Å². The van der Waals surface area contributed by atoms with Gasteiger partial charge < -0.3 is 9.84 Å². The van der Waals surface area contributed by atoms with Crippen LogP contribution in [0.1, 0.15) is 44.8 Å². The first kappa shape index (κ1) is 15.4. The van der Waals surface area contributed by atoms with E-state index >= 15 is 0 Å². The van der Waals surface area contributed by atoms with Gasteiger partial charge in [0.1, 0.15) is 0 Å². The molecule has 1 aromatic carbocycles. The van der Waals surface area contributed by atoms with Gasteiger partial charge in [-0.3, -0.25) is 0 Å². The first-order valence-corrected chi connectivity index (χ1v) is 7.47. The normalized spacial score (nSPS) is 12.1. The molecule has 0 saturated heterocycles. The van der Waals surface area contributed by atoms with Crippen molar-refractivity contribution in [2.45, 2.75) is 39.2 Å². The second-order valence-corrected chi connectivity index (χ2v) is 4.99. The molecular weight excluding hydrogens is 264 g/mol. The largest absolute Gasteiger partial charge is 0.490 e. The smallest absolute Gasteiger partial charge is 0.159 e. The van der Waals surface area contributed by atoms with Gasteiger partial charge in [0.05, 0.1) is 25.1 Å². The van der Waals surface area contributed by atoms with Gasteiger partial charge in [0, 0.05) is 5.56 Å². The van der Waals surface area contributed by atoms with Crippen LogP contribution in [0.3, 0.4) is 0 Å². The maximum Gasteiger partial charge on any atom is 0.159 e. The fourth-order valence-electron chi connectivity index (χ4n) is 1.96. The van der Waals surface area contributed by atoms with Crippen molar-refractivity contribution < 1.29 is 9.84 Å². The fourth-order valence-corrected chi connectivity index (χ4v) is 1.96. The second-order valence-electron chi connectivity index (χ2n) is 4.99. The second kappa shape index (κ2) is 7.74. The molecule has 1 unspecified atom stereocenters. The van der Waals surface area contributed by atoms with E-state index < -0.39 is 6.10 Å². The fraction of sp³-hybridized carbons (Fsp3) is 0.412. The predicted octanol–water partition coefficient (Wildman–Crippen LogP) is 3.77. The maximum absolute atomic E-state index is 9.78. The van der Waals surface area contributed by atoms with Gasteiger partial charge >= 0.3 is 0 Å². The number of hydrogen-bond acceptors (Lipinski definition) is 4. The molecule has 1 N–H and O–H groups in total. The quantitative estimate of drug-likeness (QED) is 0.787. The third kappa shape index (κ3) is 4.26. The van der Waals surface area contributed by atoms with Gasteiger partial charge in [0.15, 0.2) is 11.6 Å². The van der Waals surface area contributed by atoms with Crippen LogP contribution in [0.15, 0.2) is 36.7 Å². The van der Waals surface area contributed by atoms with E-state index in [-0.39, 0.29) is 0 Å². The highest BCUT2D eigenvalue weighted by molar-refractivity contribution is 5.55. The summed E-state index contributed by atoms with van der Waals surface area (Å²) in [6.45, 7) is 4.78. The maximum atomic E-state index is 9.78. The number of aromatic nitrogens is 2. The molecule has 0 radical (unpaired) electrons. The van der Waals surface area contributed by atoms with Crippen LogP contribution >= 0.6 is 0 Å². The molecule has 21 heavy (non-hydrogen) atoms. The lowest BCUT2D eigenvalue weighted by Crippen LogP contribution is -1.98. The first-order valence-electron chi connectivity index (χ1n) is 7.47. The monoisotopic (exact) mass is 286 g/mol. The molecular formula is C17H22N2O2. The lowest BCUT2D eigenvalue weighted by Gasteiger charge is -2.09.